The maximum Gasteiger partial charge on any atom is 0.407 e. The predicted octanol–water partition coefficient (Wildman–Crippen LogP) is 5.54. The lowest BCUT2D eigenvalue weighted by molar-refractivity contribution is -0.132. The molecule has 0 spiro atoms. The molecule has 1 aliphatic heterocycles. The standard InChI is InChI=1S/C30H41N3O3S/c1-2-3-16-27-18-20-33(21-22-37-24-26-14-8-5-9-15-26)29(34)28(32-27)17-10-11-19-31-30(35)36-23-25-12-6-4-7-13-25/h2,4-9,12-15,27-28,32H,1,3,10-11,16-24H2,(H,31,35)/t27-,28+/m1/s1. The van der Waals surface area contributed by atoms with Gasteiger partial charge in [0.15, 0.2) is 0 Å². The largest absolute Gasteiger partial charge is 0.445 e. The molecule has 2 atom stereocenters. The third-order valence-corrected chi connectivity index (χ3v) is 7.54. The topological polar surface area (TPSA) is 70.7 Å². The summed E-state index contributed by atoms with van der Waals surface area (Å²) in [7, 11) is 0. The summed E-state index contributed by atoms with van der Waals surface area (Å²) in [4.78, 5) is 27.4. The molecule has 1 aliphatic rings. The number of carbonyl (C=O) groups excluding carboxylic acids is 2. The Kier molecular flexibility index (Phi) is 13.1. The SMILES string of the molecule is C=CCC[C@@H]1CCN(CCSCc2ccccc2)C(=O)[C@H](CCCCNC(=O)OCc2ccccc2)N1. The van der Waals surface area contributed by atoms with Gasteiger partial charge in [-0.3, -0.25) is 4.79 Å². The van der Waals surface area contributed by atoms with Crippen LogP contribution in [0.15, 0.2) is 73.3 Å². The van der Waals surface area contributed by atoms with E-state index in [1.807, 2.05) is 59.1 Å². The Bertz CT molecular complexity index is 942. The van der Waals surface area contributed by atoms with Gasteiger partial charge in [0.25, 0.3) is 0 Å². The first-order chi connectivity index (χ1) is 18.2. The smallest absolute Gasteiger partial charge is 0.407 e. The van der Waals surface area contributed by atoms with Crippen LogP contribution in [-0.4, -0.2) is 54.4 Å². The molecule has 1 heterocycles. The molecule has 0 unspecified atom stereocenters. The minimum absolute atomic E-state index is 0.179. The molecule has 2 N–H and O–H groups in total. The highest BCUT2D eigenvalue weighted by Gasteiger charge is 2.29. The molecule has 2 aromatic carbocycles. The lowest BCUT2D eigenvalue weighted by Gasteiger charge is -2.24. The molecule has 200 valence electrons. The summed E-state index contributed by atoms with van der Waals surface area (Å²) < 4.78 is 5.27. The quantitative estimate of drug-likeness (QED) is 0.237. The van der Waals surface area contributed by atoms with E-state index in [4.69, 9.17) is 4.74 Å². The number of hydrogen-bond acceptors (Lipinski definition) is 5. The van der Waals surface area contributed by atoms with E-state index in [-0.39, 0.29) is 18.6 Å². The first-order valence-corrected chi connectivity index (χ1v) is 14.5. The van der Waals surface area contributed by atoms with E-state index in [0.717, 1.165) is 68.7 Å². The van der Waals surface area contributed by atoms with Gasteiger partial charge in [-0.05, 0) is 49.7 Å². The Hall–Kier alpha value is -2.77. The van der Waals surface area contributed by atoms with Crippen LogP contribution >= 0.6 is 11.8 Å². The fraction of sp³-hybridized carbons (Fsp3) is 0.467. The van der Waals surface area contributed by atoms with Gasteiger partial charge in [0.05, 0.1) is 6.04 Å². The van der Waals surface area contributed by atoms with E-state index in [1.54, 1.807) is 0 Å². The summed E-state index contributed by atoms with van der Waals surface area (Å²) in [6.45, 7) is 6.22. The average molecular weight is 524 g/mol. The molecule has 37 heavy (non-hydrogen) atoms. The molecule has 1 fully saturated rings. The Balaban J connectivity index is 1.39. The molecule has 2 amide bonds. The first-order valence-electron chi connectivity index (χ1n) is 13.4. The minimum atomic E-state index is -0.406. The number of amides is 2. The second-order valence-corrected chi connectivity index (χ2v) is 10.5. The fourth-order valence-corrected chi connectivity index (χ4v) is 5.36. The van der Waals surface area contributed by atoms with Gasteiger partial charge < -0.3 is 20.3 Å². The zero-order valence-electron chi connectivity index (χ0n) is 21.8. The van der Waals surface area contributed by atoms with E-state index in [9.17, 15) is 9.59 Å². The Labute approximate surface area is 226 Å². The molecule has 0 aliphatic carbocycles. The molecule has 0 aromatic heterocycles. The molecule has 0 radical (unpaired) electrons. The molecule has 0 bridgehead atoms. The van der Waals surface area contributed by atoms with Gasteiger partial charge in [0.2, 0.25) is 5.91 Å². The van der Waals surface area contributed by atoms with Crippen LogP contribution < -0.4 is 10.6 Å². The van der Waals surface area contributed by atoms with Crippen molar-refractivity contribution in [1.82, 2.24) is 15.5 Å². The zero-order valence-corrected chi connectivity index (χ0v) is 22.6. The van der Waals surface area contributed by atoms with E-state index in [2.05, 4.69) is 41.5 Å². The van der Waals surface area contributed by atoms with Crippen molar-refractivity contribution in [2.45, 2.75) is 63.0 Å². The summed E-state index contributed by atoms with van der Waals surface area (Å²) in [5.74, 6) is 2.10. The van der Waals surface area contributed by atoms with Crippen LogP contribution in [0.4, 0.5) is 4.79 Å². The summed E-state index contributed by atoms with van der Waals surface area (Å²) in [5, 5.41) is 6.44. The number of alkyl carbamates (subject to hydrolysis) is 1. The van der Waals surface area contributed by atoms with Crippen LogP contribution in [-0.2, 0) is 21.9 Å². The van der Waals surface area contributed by atoms with Crippen molar-refractivity contribution in [3.05, 3.63) is 84.4 Å². The van der Waals surface area contributed by atoms with E-state index in [1.165, 1.54) is 5.56 Å². The lowest BCUT2D eigenvalue weighted by atomic mass is 10.0. The molecule has 7 heteroatoms. The summed E-state index contributed by atoms with van der Waals surface area (Å²) in [5.41, 5.74) is 2.28. The summed E-state index contributed by atoms with van der Waals surface area (Å²) >= 11 is 1.87. The zero-order chi connectivity index (χ0) is 26.1. The van der Waals surface area contributed by atoms with Crippen molar-refractivity contribution in [2.75, 3.05) is 25.4 Å². The van der Waals surface area contributed by atoms with Crippen LogP contribution in [0.2, 0.25) is 0 Å². The van der Waals surface area contributed by atoms with Crippen molar-refractivity contribution in [2.24, 2.45) is 0 Å². The monoisotopic (exact) mass is 523 g/mol. The van der Waals surface area contributed by atoms with Gasteiger partial charge in [-0.25, -0.2) is 4.79 Å². The molecule has 3 rings (SSSR count). The molecule has 2 aromatic rings. The number of rotatable bonds is 15. The van der Waals surface area contributed by atoms with Crippen LogP contribution in [0, 0.1) is 0 Å². The van der Waals surface area contributed by atoms with Crippen molar-refractivity contribution >= 4 is 23.8 Å². The number of ether oxygens (including phenoxy) is 1. The second-order valence-electron chi connectivity index (χ2n) is 9.42. The van der Waals surface area contributed by atoms with Crippen molar-refractivity contribution in [3.8, 4) is 0 Å². The number of unbranched alkanes of at least 4 members (excludes halogenated alkanes) is 1. The predicted molar refractivity (Wildman–Crippen MR) is 152 cm³/mol. The average Bonchev–Trinajstić information content (AvgIpc) is 3.08. The Morgan fingerprint density at radius 2 is 1.81 bits per heavy atom. The van der Waals surface area contributed by atoms with Gasteiger partial charge in [0.1, 0.15) is 6.61 Å². The van der Waals surface area contributed by atoms with Crippen LogP contribution in [0.5, 0.6) is 0 Å². The van der Waals surface area contributed by atoms with Gasteiger partial charge in [0, 0.05) is 37.2 Å². The van der Waals surface area contributed by atoms with E-state index < -0.39 is 6.09 Å². The highest BCUT2D eigenvalue weighted by Crippen LogP contribution is 2.17. The summed E-state index contributed by atoms with van der Waals surface area (Å²) in [6, 6.07) is 20.2. The number of nitrogens with one attached hydrogen (secondary N) is 2. The van der Waals surface area contributed by atoms with Gasteiger partial charge in [-0.2, -0.15) is 11.8 Å². The number of thioether (sulfide) groups is 1. The summed E-state index contributed by atoms with van der Waals surface area (Å²) in [6.07, 6.45) is 6.87. The number of nitrogens with zero attached hydrogens (tertiary/aromatic N) is 1. The van der Waals surface area contributed by atoms with Crippen LogP contribution in [0.3, 0.4) is 0 Å². The molecular formula is C30H41N3O3S. The highest BCUT2D eigenvalue weighted by atomic mass is 32.2. The second kappa shape index (κ2) is 16.9. The Morgan fingerprint density at radius 1 is 1.08 bits per heavy atom. The van der Waals surface area contributed by atoms with Gasteiger partial charge in [-0.15, -0.1) is 6.58 Å². The number of allylic oxidation sites excluding steroid dienone is 1. The minimum Gasteiger partial charge on any atom is -0.445 e. The third-order valence-electron chi connectivity index (χ3n) is 6.53. The Morgan fingerprint density at radius 3 is 2.54 bits per heavy atom. The number of carbonyl (C=O) groups is 2. The molecular weight excluding hydrogens is 482 g/mol. The number of benzene rings is 2. The maximum atomic E-state index is 13.4. The lowest BCUT2D eigenvalue weighted by Crippen LogP contribution is -2.46. The van der Waals surface area contributed by atoms with Gasteiger partial charge in [-0.1, -0.05) is 66.7 Å². The molecule has 0 saturated carbocycles. The van der Waals surface area contributed by atoms with E-state index in [0.29, 0.717) is 12.6 Å². The van der Waals surface area contributed by atoms with Crippen molar-refractivity contribution < 1.29 is 14.3 Å². The van der Waals surface area contributed by atoms with Gasteiger partial charge >= 0.3 is 6.09 Å². The van der Waals surface area contributed by atoms with Crippen molar-refractivity contribution in [3.63, 3.8) is 0 Å². The third kappa shape index (κ3) is 11.0. The normalized spacial score (nSPS) is 17.7. The van der Waals surface area contributed by atoms with E-state index >= 15 is 0 Å². The molecule has 6 nitrogen and oxygen atoms in total. The van der Waals surface area contributed by atoms with Crippen LogP contribution in [0.25, 0.3) is 0 Å². The highest BCUT2D eigenvalue weighted by molar-refractivity contribution is 7.98. The maximum absolute atomic E-state index is 13.4. The fourth-order valence-electron chi connectivity index (χ4n) is 4.43. The first kappa shape index (κ1) is 28.8. The van der Waals surface area contributed by atoms with Crippen LogP contribution in [0.1, 0.15) is 49.7 Å². The van der Waals surface area contributed by atoms with Crippen molar-refractivity contribution in [1.29, 1.82) is 0 Å². The number of hydrogen-bond donors (Lipinski definition) is 2. The molecule has 1 saturated heterocycles.